The fourth-order valence-corrected chi connectivity index (χ4v) is 22.0. The van der Waals surface area contributed by atoms with E-state index in [0.29, 0.717) is 52.8 Å². The molecule has 0 aliphatic rings. The number of hydrogen-bond donors (Lipinski definition) is 0. The molecule has 146 heavy (non-hydrogen) atoms. The van der Waals surface area contributed by atoms with Gasteiger partial charge in [0.1, 0.15) is 22.3 Å². The van der Waals surface area contributed by atoms with Gasteiger partial charge in [0, 0.05) is 131 Å². The first-order valence-electron chi connectivity index (χ1n) is 48.8. The van der Waals surface area contributed by atoms with Crippen molar-refractivity contribution in [3.8, 4) is 103 Å². The van der Waals surface area contributed by atoms with Crippen molar-refractivity contribution in [3.05, 3.63) is 479 Å². The third-order valence-electron chi connectivity index (χ3n) is 28.3. The predicted octanol–water partition coefficient (Wildman–Crippen LogP) is 32.0. The van der Waals surface area contributed by atoms with E-state index < -0.39 is 0 Å². The monoisotopic (exact) mass is 1870 g/mol. The lowest BCUT2D eigenvalue weighted by Gasteiger charge is -2.12. The molecule has 31 rings (SSSR count). The van der Waals surface area contributed by atoms with Gasteiger partial charge >= 0.3 is 0 Å². The molecule has 682 valence electrons. The first-order valence-corrected chi connectivity index (χ1v) is 48.8. The molecular formula is C129H79N15O2. The van der Waals surface area contributed by atoms with Crippen LogP contribution < -0.4 is 0 Å². The largest absolute Gasteiger partial charge is 0.456 e. The van der Waals surface area contributed by atoms with Gasteiger partial charge in [0.25, 0.3) is 0 Å². The van der Waals surface area contributed by atoms with Crippen LogP contribution in [0.1, 0.15) is 0 Å². The van der Waals surface area contributed by atoms with Gasteiger partial charge in [0.05, 0.1) is 71.8 Å². The molecule has 17 nitrogen and oxygen atoms in total. The van der Waals surface area contributed by atoms with Crippen LogP contribution in [0.3, 0.4) is 0 Å². The highest BCUT2D eigenvalue weighted by molar-refractivity contribution is 6.29. The highest BCUT2D eigenvalue weighted by atomic mass is 16.3. The number of furan rings is 2. The van der Waals surface area contributed by atoms with E-state index in [9.17, 15) is 0 Å². The summed E-state index contributed by atoms with van der Waals surface area (Å²) >= 11 is 0. The second-order valence-electron chi connectivity index (χ2n) is 36.6. The van der Waals surface area contributed by atoms with E-state index in [4.69, 9.17) is 53.7 Å². The molecule has 20 aromatic carbocycles. The maximum atomic E-state index is 6.50. The molecule has 0 radical (unpaired) electrons. The van der Waals surface area contributed by atoms with Crippen LogP contribution in [-0.2, 0) is 0 Å². The average Bonchev–Trinajstić information content (AvgIpc) is 1.55. The zero-order valence-electron chi connectivity index (χ0n) is 78.1. The summed E-state index contributed by atoms with van der Waals surface area (Å²) < 4.78 is 26.5. The summed E-state index contributed by atoms with van der Waals surface area (Å²) in [7, 11) is 0. The molecule has 0 saturated carbocycles. The molecule has 0 fully saturated rings. The van der Waals surface area contributed by atoms with Gasteiger partial charge in [0.2, 0.25) is 17.8 Å². The van der Waals surface area contributed by atoms with Gasteiger partial charge in [-0.05, 0) is 121 Å². The Morgan fingerprint density at radius 1 is 0.151 bits per heavy atom. The molecule has 0 amide bonds. The first-order chi connectivity index (χ1) is 72.5. The summed E-state index contributed by atoms with van der Waals surface area (Å²) in [6, 6.07) is 166. The number of benzene rings is 20. The normalized spacial score (nSPS) is 11.8. The van der Waals surface area contributed by atoms with E-state index in [1.807, 2.05) is 176 Å². The Morgan fingerprint density at radius 3 is 0.774 bits per heavy atom. The number of aromatic nitrogens is 15. The van der Waals surface area contributed by atoms with Crippen molar-refractivity contribution in [1.29, 1.82) is 0 Å². The van der Waals surface area contributed by atoms with Gasteiger partial charge in [0.15, 0.2) is 34.9 Å². The molecular weight excluding hydrogens is 1790 g/mol. The van der Waals surface area contributed by atoms with Crippen molar-refractivity contribution in [2.45, 2.75) is 0 Å². The molecule has 11 aromatic heterocycles. The zero-order chi connectivity index (χ0) is 96.0. The smallest absolute Gasteiger partial charge is 0.238 e. The van der Waals surface area contributed by atoms with Gasteiger partial charge in [-0.3, -0.25) is 13.7 Å². The van der Waals surface area contributed by atoms with E-state index in [-0.39, 0.29) is 0 Å². The maximum absolute atomic E-state index is 6.50. The highest BCUT2D eigenvalue weighted by Crippen LogP contribution is 2.48. The summed E-state index contributed by atoms with van der Waals surface area (Å²) in [5.74, 6) is 5.28. The Hall–Kier alpha value is -20.2. The average molecular weight is 1870 g/mol. The van der Waals surface area contributed by atoms with Crippen molar-refractivity contribution in [2.75, 3.05) is 0 Å². The highest BCUT2D eigenvalue weighted by Gasteiger charge is 2.30. The van der Waals surface area contributed by atoms with Crippen LogP contribution in [0.4, 0.5) is 0 Å². The lowest BCUT2D eigenvalue weighted by atomic mass is 10.1. The number of fused-ring (bicyclic) bond motifs is 27. The van der Waals surface area contributed by atoms with Crippen LogP contribution >= 0.6 is 0 Å². The van der Waals surface area contributed by atoms with E-state index in [1.165, 1.54) is 16.2 Å². The number of nitrogens with zero attached hydrogens (tertiary/aromatic N) is 15. The minimum Gasteiger partial charge on any atom is -0.456 e. The van der Waals surface area contributed by atoms with Crippen molar-refractivity contribution >= 4 is 175 Å². The molecule has 0 saturated heterocycles. The molecule has 0 atom stereocenters. The molecule has 0 aliphatic carbocycles. The van der Waals surface area contributed by atoms with E-state index in [2.05, 4.69) is 331 Å². The predicted molar refractivity (Wildman–Crippen MR) is 593 cm³/mol. The van der Waals surface area contributed by atoms with Crippen LogP contribution in [0.5, 0.6) is 0 Å². The van der Waals surface area contributed by atoms with Crippen LogP contribution in [0.15, 0.2) is 488 Å². The standard InChI is InChI=1S/2C45H27N5O.C39H25N5/c1-3-14-28(15-4-1)43-46-44(35-22-13-21-33-31-19-9-12-25-39(31)51-42(33)35)48-45(47-43)50-36-23-10-7-18-30(36)32-26-27-38-40(41(32)50)34-20-8-11-24-37(34)49(38)29-16-5-2-6-17-29;1-3-13-28(14-4-1)43-46-44(29-23-24-33-32-18-9-12-22-39(32)51-40(33)27-29)48-45(47-43)50-36-20-10-7-17-31(36)34-25-26-38-41(42(34)50)35-19-8-11-21-37(35)49(38)30-15-5-2-6-16-30;1-4-14-26(15-5-1)37-40-38(27-16-6-2-7-17-27)42-39(41-37)44-32-22-12-10-20-29(32)30-24-25-34-35(36(30)44)31-21-11-13-23-33(31)43(34)28-18-8-3-9-19-28/h2*1-27H;1-25H. The Morgan fingerprint density at radius 2 is 0.411 bits per heavy atom. The fraction of sp³-hybridized carbons (Fsp3) is 0. The van der Waals surface area contributed by atoms with E-state index in [1.54, 1.807) is 0 Å². The third kappa shape index (κ3) is 13.4. The van der Waals surface area contributed by atoms with Crippen LogP contribution in [-0.4, -0.2) is 72.3 Å². The molecule has 0 unspecified atom stereocenters. The quantitative estimate of drug-likeness (QED) is 0.114. The molecule has 0 N–H and O–H groups in total. The number of rotatable bonds is 12. The van der Waals surface area contributed by atoms with Gasteiger partial charge < -0.3 is 22.5 Å². The first kappa shape index (κ1) is 82.9. The summed E-state index contributed by atoms with van der Waals surface area (Å²) in [4.78, 5) is 46.6. The van der Waals surface area contributed by atoms with Gasteiger partial charge in [-0.2, -0.15) is 29.9 Å². The van der Waals surface area contributed by atoms with Crippen LogP contribution in [0.25, 0.3) is 278 Å². The molecule has 0 bridgehead atoms. The molecule has 0 aliphatic heterocycles. The second-order valence-corrected chi connectivity index (χ2v) is 36.6. The Bertz CT molecular complexity index is 10600. The fourth-order valence-electron chi connectivity index (χ4n) is 22.0. The summed E-state index contributed by atoms with van der Waals surface area (Å²) in [6.45, 7) is 0. The molecule has 0 spiro atoms. The number of para-hydroxylation sites is 12. The van der Waals surface area contributed by atoms with E-state index >= 15 is 0 Å². The van der Waals surface area contributed by atoms with E-state index in [0.717, 1.165) is 209 Å². The summed E-state index contributed by atoms with van der Waals surface area (Å²) in [5.41, 5.74) is 25.1. The molecule has 11 heterocycles. The summed E-state index contributed by atoms with van der Waals surface area (Å²) in [5, 5.41) is 18.1. The zero-order valence-corrected chi connectivity index (χ0v) is 78.1. The lowest BCUT2D eigenvalue weighted by Crippen LogP contribution is -2.06. The maximum Gasteiger partial charge on any atom is 0.238 e. The van der Waals surface area contributed by atoms with Crippen molar-refractivity contribution in [2.24, 2.45) is 0 Å². The molecule has 17 heteroatoms. The van der Waals surface area contributed by atoms with Crippen molar-refractivity contribution < 1.29 is 8.83 Å². The topological polar surface area (TPSA) is 172 Å². The van der Waals surface area contributed by atoms with Crippen LogP contribution in [0.2, 0.25) is 0 Å². The Labute approximate surface area is 832 Å². The lowest BCUT2D eigenvalue weighted by molar-refractivity contribution is 0.669. The van der Waals surface area contributed by atoms with Gasteiger partial charge in [-0.25, -0.2) is 15.0 Å². The van der Waals surface area contributed by atoms with Crippen LogP contribution in [0, 0.1) is 0 Å². The minimum absolute atomic E-state index is 0.544. The SMILES string of the molecule is c1ccc(-c2nc(-c3ccc4c(c3)oc3ccccc34)nc(-n3c4ccccc4c4ccc5c(c6ccccc6n5-c5ccccc5)c43)n2)cc1.c1ccc(-c2nc(-c3cccc4c3oc3ccccc34)nc(-n3c4ccccc4c4ccc5c(c6ccccc6n5-c5ccccc5)c43)n2)cc1.c1ccc(-c2nc(-c3ccccc3)nc(-n3c4ccccc4c4ccc5c(c6ccccc6n5-c5ccccc5)c43)n2)cc1. The minimum atomic E-state index is 0.544. The summed E-state index contributed by atoms with van der Waals surface area (Å²) in [6.07, 6.45) is 0. The second kappa shape index (κ2) is 33.8. The Balaban J connectivity index is 0.000000104. The van der Waals surface area contributed by atoms with Crippen molar-refractivity contribution in [1.82, 2.24) is 72.3 Å². The van der Waals surface area contributed by atoms with Gasteiger partial charge in [-0.15, -0.1) is 0 Å². The molecule has 31 aromatic rings. The third-order valence-corrected chi connectivity index (χ3v) is 28.3. The van der Waals surface area contributed by atoms with Gasteiger partial charge in [-0.1, -0.05) is 358 Å². The Kier molecular flexibility index (Phi) is 19.2. The van der Waals surface area contributed by atoms with Crippen molar-refractivity contribution in [3.63, 3.8) is 0 Å². The number of hydrogen-bond acceptors (Lipinski definition) is 11.